The van der Waals surface area contributed by atoms with E-state index in [1.807, 2.05) is 0 Å². The molecule has 1 unspecified atom stereocenters. The van der Waals surface area contributed by atoms with Crippen molar-refractivity contribution in [3.63, 3.8) is 0 Å². The topological polar surface area (TPSA) is 26.3 Å². The van der Waals surface area contributed by atoms with Gasteiger partial charge in [0.2, 0.25) is 0 Å². The molecule has 0 aliphatic carbocycles. The molecular formula is C10H8F4O2. The third-order valence-electron chi connectivity index (χ3n) is 1.76. The van der Waals surface area contributed by atoms with Crippen LogP contribution in [0.5, 0.6) is 5.75 Å². The molecule has 0 amide bonds. The zero-order valence-electron chi connectivity index (χ0n) is 8.22. The van der Waals surface area contributed by atoms with E-state index in [0.717, 1.165) is 25.1 Å². The first-order valence-electron chi connectivity index (χ1n) is 4.31. The number of Topliss-reactive ketones (excluding diaryl/α,β-unsaturated/α-hetero) is 1. The maximum atomic E-state index is 12.8. The first-order chi connectivity index (χ1) is 7.41. The molecule has 16 heavy (non-hydrogen) atoms. The number of ketones is 1. The Bertz CT molecular complexity index is 392. The van der Waals surface area contributed by atoms with Crippen LogP contribution in [0, 0.1) is 5.82 Å². The molecule has 0 aromatic heterocycles. The fraction of sp³-hybridized carbons (Fsp3) is 0.300. The second-order valence-electron chi connectivity index (χ2n) is 3.00. The van der Waals surface area contributed by atoms with Crippen LogP contribution >= 0.6 is 0 Å². The average Bonchev–Trinajstić information content (AvgIpc) is 2.20. The first kappa shape index (κ1) is 12.5. The lowest BCUT2D eigenvalue weighted by Gasteiger charge is -2.12. The summed E-state index contributed by atoms with van der Waals surface area (Å²) in [4.78, 5) is 11.0. The molecule has 6 heteroatoms. The maximum Gasteiger partial charge on any atom is 0.304 e. The van der Waals surface area contributed by atoms with Gasteiger partial charge in [-0.2, -0.15) is 4.39 Å². The molecule has 1 atom stereocenters. The molecule has 2 nitrogen and oxygen atoms in total. The zero-order valence-corrected chi connectivity index (χ0v) is 8.22. The van der Waals surface area contributed by atoms with Crippen molar-refractivity contribution in [2.24, 2.45) is 0 Å². The molecule has 0 radical (unpaired) electrons. The Kier molecular flexibility index (Phi) is 3.87. The minimum Gasteiger partial charge on any atom is -0.454 e. The van der Waals surface area contributed by atoms with Gasteiger partial charge < -0.3 is 4.74 Å². The molecule has 0 heterocycles. The molecule has 0 bridgehead atoms. The quantitative estimate of drug-likeness (QED) is 0.593. The Labute approximate surface area is 88.8 Å². The molecule has 0 saturated carbocycles. The van der Waals surface area contributed by atoms with Gasteiger partial charge in [0.05, 0.1) is 5.56 Å². The smallest absolute Gasteiger partial charge is 0.304 e. The van der Waals surface area contributed by atoms with E-state index in [-0.39, 0.29) is 5.56 Å². The second kappa shape index (κ2) is 4.96. The predicted molar refractivity (Wildman–Crippen MR) is 47.9 cm³/mol. The fourth-order valence-electron chi connectivity index (χ4n) is 1.05. The first-order valence-corrected chi connectivity index (χ1v) is 4.31. The van der Waals surface area contributed by atoms with E-state index in [0.29, 0.717) is 0 Å². The van der Waals surface area contributed by atoms with E-state index in [1.165, 1.54) is 0 Å². The number of halogens is 4. The number of carbonyl (C=O) groups is 1. The van der Waals surface area contributed by atoms with E-state index >= 15 is 0 Å². The largest absolute Gasteiger partial charge is 0.454 e. The third kappa shape index (κ3) is 2.95. The SMILES string of the molecule is CC(=O)c1cc(F)ccc1OC(F)C(F)F. The number of alkyl halides is 3. The minimum absolute atomic E-state index is 0.275. The summed E-state index contributed by atoms with van der Waals surface area (Å²) < 4.78 is 53.3. The summed E-state index contributed by atoms with van der Waals surface area (Å²) in [5, 5.41) is 0. The summed E-state index contributed by atoms with van der Waals surface area (Å²) in [5.74, 6) is -1.73. The van der Waals surface area contributed by atoms with Gasteiger partial charge in [0, 0.05) is 0 Å². The summed E-state index contributed by atoms with van der Waals surface area (Å²) in [7, 11) is 0. The van der Waals surface area contributed by atoms with Crippen LogP contribution in [-0.4, -0.2) is 18.6 Å². The van der Waals surface area contributed by atoms with E-state index < -0.39 is 30.1 Å². The van der Waals surface area contributed by atoms with Crippen molar-refractivity contribution in [2.45, 2.75) is 19.7 Å². The molecule has 1 rings (SSSR count). The number of hydrogen-bond donors (Lipinski definition) is 0. The average molecular weight is 236 g/mol. The van der Waals surface area contributed by atoms with Crippen molar-refractivity contribution < 1.29 is 27.1 Å². The van der Waals surface area contributed by atoms with Crippen LogP contribution in [0.1, 0.15) is 17.3 Å². The van der Waals surface area contributed by atoms with Crippen molar-refractivity contribution in [3.8, 4) is 5.75 Å². The maximum absolute atomic E-state index is 12.8. The Morgan fingerprint density at radius 3 is 2.44 bits per heavy atom. The molecule has 1 aromatic rings. The van der Waals surface area contributed by atoms with Crippen molar-refractivity contribution in [1.82, 2.24) is 0 Å². The second-order valence-corrected chi connectivity index (χ2v) is 3.00. The Hall–Kier alpha value is -1.59. The normalized spacial score (nSPS) is 12.6. The van der Waals surface area contributed by atoms with Gasteiger partial charge in [0.15, 0.2) is 5.78 Å². The molecule has 0 aliphatic rings. The standard InChI is InChI=1S/C10H8F4O2/c1-5(15)7-4-6(11)2-3-8(7)16-10(14)9(12)13/h2-4,9-10H,1H3. The van der Waals surface area contributed by atoms with Crippen molar-refractivity contribution in [2.75, 3.05) is 0 Å². The van der Waals surface area contributed by atoms with Gasteiger partial charge in [-0.25, -0.2) is 13.2 Å². The third-order valence-corrected chi connectivity index (χ3v) is 1.76. The number of hydrogen-bond acceptors (Lipinski definition) is 2. The molecule has 0 N–H and O–H groups in total. The van der Waals surface area contributed by atoms with Gasteiger partial charge in [-0.15, -0.1) is 0 Å². The summed E-state index contributed by atoms with van der Waals surface area (Å²) in [6.07, 6.45) is -6.17. The Morgan fingerprint density at radius 2 is 1.94 bits per heavy atom. The van der Waals surface area contributed by atoms with Crippen LogP contribution in [0.25, 0.3) is 0 Å². The minimum atomic E-state index is -3.33. The monoisotopic (exact) mass is 236 g/mol. The summed E-state index contributed by atoms with van der Waals surface area (Å²) in [6, 6.07) is 2.62. The molecule has 0 saturated heterocycles. The van der Waals surface area contributed by atoms with E-state index in [9.17, 15) is 22.4 Å². The van der Waals surface area contributed by atoms with Crippen LogP contribution in [0.3, 0.4) is 0 Å². The highest BCUT2D eigenvalue weighted by molar-refractivity contribution is 5.96. The van der Waals surface area contributed by atoms with E-state index in [1.54, 1.807) is 0 Å². The van der Waals surface area contributed by atoms with Gasteiger partial charge >= 0.3 is 6.43 Å². The zero-order chi connectivity index (χ0) is 12.3. The lowest BCUT2D eigenvalue weighted by Crippen LogP contribution is -2.20. The van der Waals surface area contributed by atoms with Gasteiger partial charge in [-0.1, -0.05) is 0 Å². The van der Waals surface area contributed by atoms with Crippen LogP contribution in [-0.2, 0) is 0 Å². The van der Waals surface area contributed by atoms with Crippen LogP contribution < -0.4 is 4.74 Å². The molecule has 0 fully saturated rings. The predicted octanol–water partition coefficient (Wildman–Crippen LogP) is 2.97. The van der Waals surface area contributed by atoms with Gasteiger partial charge in [0.1, 0.15) is 11.6 Å². The van der Waals surface area contributed by atoms with Crippen molar-refractivity contribution >= 4 is 5.78 Å². The number of rotatable bonds is 4. The molecule has 0 aliphatic heterocycles. The number of ether oxygens (including phenoxy) is 1. The van der Waals surface area contributed by atoms with Gasteiger partial charge in [-0.05, 0) is 25.1 Å². The summed E-state index contributed by atoms with van der Waals surface area (Å²) in [6.45, 7) is 1.09. The molecular weight excluding hydrogens is 228 g/mol. The lowest BCUT2D eigenvalue weighted by molar-refractivity contribution is -0.0671. The van der Waals surface area contributed by atoms with Crippen LogP contribution in [0.15, 0.2) is 18.2 Å². The Balaban J connectivity index is 2.99. The number of benzene rings is 1. The summed E-state index contributed by atoms with van der Waals surface area (Å²) in [5.41, 5.74) is -0.275. The van der Waals surface area contributed by atoms with E-state index in [2.05, 4.69) is 4.74 Å². The van der Waals surface area contributed by atoms with Crippen molar-refractivity contribution in [3.05, 3.63) is 29.6 Å². The molecule has 1 aromatic carbocycles. The highest BCUT2D eigenvalue weighted by Crippen LogP contribution is 2.23. The van der Waals surface area contributed by atoms with Crippen molar-refractivity contribution in [1.29, 1.82) is 0 Å². The van der Waals surface area contributed by atoms with Gasteiger partial charge in [0.25, 0.3) is 6.36 Å². The summed E-state index contributed by atoms with van der Waals surface area (Å²) >= 11 is 0. The highest BCUT2D eigenvalue weighted by Gasteiger charge is 2.23. The van der Waals surface area contributed by atoms with Crippen LogP contribution in [0.4, 0.5) is 17.6 Å². The molecule has 0 spiro atoms. The van der Waals surface area contributed by atoms with E-state index in [4.69, 9.17) is 0 Å². The van der Waals surface area contributed by atoms with Gasteiger partial charge in [-0.3, -0.25) is 4.79 Å². The fourth-order valence-corrected chi connectivity index (χ4v) is 1.05. The lowest BCUT2D eigenvalue weighted by atomic mass is 10.1. The highest BCUT2D eigenvalue weighted by atomic mass is 19.3. The molecule has 88 valence electrons. The van der Waals surface area contributed by atoms with Crippen LogP contribution in [0.2, 0.25) is 0 Å². The Morgan fingerprint density at radius 1 is 1.31 bits per heavy atom. The number of carbonyl (C=O) groups excluding carboxylic acids is 1.